The van der Waals surface area contributed by atoms with Gasteiger partial charge in [0.05, 0.1) is 17.7 Å². The van der Waals surface area contributed by atoms with Gasteiger partial charge in [0, 0.05) is 11.4 Å². The van der Waals surface area contributed by atoms with Crippen molar-refractivity contribution in [2.45, 2.75) is 11.0 Å². The van der Waals surface area contributed by atoms with Gasteiger partial charge < -0.3 is 21.3 Å². The fourth-order valence-corrected chi connectivity index (χ4v) is 2.54. The third-order valence-corrected chi connectivity index (χ3v) is 3.23. The molecule has 0 aromatic heterocycles. The summed E-state index contributed by atoms with van der Waals surface area (Å²) in [6, 6.07) is 3.29. The topological polar surface area (TPSA) is 78.5 Å². The van der Waals surface area contributed by atoms with Crippen LogP contribution in [0.5, 0.6) is 5.75 Å². The van der Waals surface area contributed by atoms with Crippen molar-refractivity contribution < 1.29 is 10.2 Å². The van der Waals surface area contributed by atoms with Crippen molar-refractivity contribution in [2.24, 2.45) is 5.73 Å². The third kappa shape index (κ3) is 1.43. The number of nitrogens with one attached hydrogen (secondary N) is 1. The first-order valence-electron chi connectivity index (χ1n) is 4.34. The fourth-order valence-electron chi connectivity index (χ4n) is 1.48. The fraction of sp³-hybridized carbons (Fsp3) is 0.333. The molecule has 2 rings (SSSR count). The van der Waals surface area contributed by atoms with E-state index in [1.54, 1.807) is 23.9 Å². The van der Waals surface area contributed by atoms with Crippen LogP contribution in [-0.2, 0) is 0 Å². The number of nitrogens with two attached hydrogens (primary N) is 1. The molecule has 4 nitrogen and oxygen atoms in total. The van der Waals surface area contributed by atoms with E-state index in [2.05, 4.69) is 5.32 Å². The number of aliphatic hydroxyl groups excluding tert-OH is 1. The largest absolute Gasteiger partial charge is 0.506 e. The van der Waals surface area contributed by atoms with E-state index in [4.69, 9.17) is 5.73 Å². The van der Waals surface area contributed by atoms with E-state index in [9.17, 15) is 10.2 Å². The summed E-state index contributed by atoms with van der Waals surface area (Å²) in [5, 5.41) is 22.2. The Hall–Kier alpha value is -0.910. The molecule has 76 valence electrons. The molecule has 1 unspecified atom stereocenters. The zero-order valence-electron chi connectivity index (χ0n) is 7.53. The number of hydrogen-bond donors (Lipinski definition) is 4. The van der Waals surface area contributed by atoms with Gasteiger partial charge in [-0.25, -0.2) is 0 Å². The van der Waals surface area contributed by atoms with Crippen LogP contribution in [0.4, 0.5) is 5.69 Å². The van der Waals surface area contributed by atoms with Gasteiger partial charge in [-0.2, -0.15) is 0 Å². The lowest BCUT2D eigenvalue weighted by Gasteiger charge is -2.12. The standard InChI is InChI=1S/C9H12N2O2S/c10-3-7(13)5-1-2-6(12)8-9(5)14-4-11-8/h1-2,7,11-13H,3-4,10H2. The van der Waals surface area contributed by atoms with E-state index in [1.807, 2.05) is 0 Å². The SMILES string of the molecule is NCC(O)c1ccc(O)c2c1SCN2. The molecule has 0 radical (unpaired) electrons. The normalized spacial score (nSPS) is 16.1. The highest BCUT2D eigenvalue weighted by atomic mass is 32.2. The Morgan fingerprint density at radius 3 is 3.07 bits per heavy atom. The van der Waals surface area contributed by atoms with Gasteiger partial charge in [0.1, 0.15) is 5.75 Å². The second-order valence-electron chi connectivity index (χ2n) is 3.09. The molecule has 0 fully saturated rings. The molecule has 0 bridgehead atoms. The highest BCUT2D eigenvalue weighted by Gasteiger charge is 2.21. The van der Waals surface area contributed by atoms with Gasteiger partial charge in [0.25, 0.3) is 0 Å². The Bertz CT molecular complexity index is 357. The number of aliphatic hydroxyl groups is 1. The monoisotopic (exact) mass is 212 g/mol. The predicted octanol–water partition coefficient (Wildman–Crippen LogP) is 0.859. The molecule has 1 aliphatic rings. The van der Waals surface area contributed by atoms with Crippen LogP contribution in [0.25, 0.3) is 0 Å². The number of benzene rings is 1. The zero-order valence-corrected chi connectivity index (χ0v) is 8.34. The minimum absolute atomic E-state index is 0.192. The van der Waals surface area contributed by atoms with Gasteiger partial charge in [0.15, 0.2) is 0 Å². The molecular weight excluding hydrogens is 200 g/mol. The summed E-state index contributed by atoms with van der Waals surface area (Å²) >= 11 is 1.57. The first-order chi connectivity index (χ1) is 6.74. The van der Waals surface area contributed by atoms with Crippen molar-refractivity contribution in [3.05, 3.63) is 17.7 Å². The minimum Gasteiger partial charge on any atom is -0.506 e. The lowest BCUT2D eigenvalue weighted by atomic mass is 10.1. The average Bonchev–Trinajstić information content (AvgIpc) is 2.67. The second kappa shape index (κ2) is 3.68. The molecule has 0 amide bonds. The van der Waals surface area contributed by atoms with Crippen molar-refractivity contribution in [3.63, 3.8) is 0 Å². The Balaban J connectivity index is 2.48. The van der Waals surface area contributed by atoms with Crippen LogP contribution in [0.3, 0.4) is 0 Å². The van der Waals surface area contributed by atoms with Crippen LogP contribution in [0, 0.1) is 0 Å². The van der Waals surface area contributed by atoms with E-state index >= 15 is 0 Å². The molecule has 1 aliphatic heterocycles. The van der Waals surface area contributed by atoms with Gasteiger partial charge in [-0.3, -0.25) is 0 Å². The van der Waals surface area contributed by atoms with E-state index in [0.29, 0.717) is 5.69 Å². The van der Waals surface area contributed by atoms with E-state index < -0.39 is 6.10 Å². The highest BCUT2D eigenvalue weighted by Crippen LogP contribution is 2.43. The maximum Gasteiger partial charge on any atom is 0.139 e. The molecule has 1 aromatic rings. The second-order valence-corrected chi connectivity index (χ2v) is 4.08. The number of anilines is 1. The molecule has 1 heterocycles. The van der Waals surface area contributed by atoms with Crippen LogP contribution in [0.1, 0.15) is 11.7 Å². The molecule has 14 heavy (non-hydrogen) atoms. The molecular formula is C9H12N2O2S. The maximum absolute atomic E-state index is 9.64. The first-order valence-corrected chi connectivity index (χ1v) is 5.33. The van der Waals surface area contributed by atoms with Crippen LogP contribution in [0.2, 0.25) is 0 Å². The van der Waals surface area contributed by atoms with E-state index in [1.165, 1.54) is 0 Å². The molecule has 5 N–H and O–H groups in total. The number of hydrogen-bond acceptors (Lipinski definition) is 5. The number of thioether (sulfide) groups is 1. The Labute approximate surface area is 86.1 Å². The lowest BCUT2D eigenvalue weighted by Crippen LogP contribution is -2.12. The van der Waals surface area contributed by atoms with Gasteiger partial charge in [-0.1, -0.05) is 6.07 Å². The number of aromatic hydroxyl groups is 1. The van der Waals surface area contributed by atoms with Crippen LogP contribution >= 0.6 is 11.8 Å². The quantitative estimate of drug-likeness (QED) is 0.547. The molecule has 1 atom stereocenters. The minimum atomic E-state index is -0.656. The smallest absolute Gasteiger partial charge is 0.139 e. The van der Waals surface area contributed by atoms with Crippen LogP contribution in [0.15, 0.2) is 17.0 Å². The summed E-state index contributed by atoms with van der Waals surface area (Å²) in [5.74, 6) is 0.940. The summed E-state index contributed by atoms with van der Waals surface area (Å²) in [7, 11) is 0. The first kappa shape index (κ1) is 9.64. The summed E-state index contributed by atoms with van der Waals surface area (Å²) in [6.07, 6.45) is -0.656. The lowest BCUT2D eigenvalue weighted by molar-refractivity contribution is 0.184. The Kier molecular flexibility index (Phi) is 2.54. The molecule has 0 aliphatic carbocycles. The van der Waals surface area contributed by atoms with E-state index in [0.717, 1.165) is 16.3 Å². The zero-order chi connectivity index (χ0) is 10.1. The number of phenols is 1. The average molecular weight is 212 g/mol. The Morgan fingerprint density at radius 2 is 2.36 bits per heavy atom. The summed E-state index contributed by atoms with van der Waals surface area (Å²) in [4.78, 5) is 0.906. The van der Waals surface area contributed by atoms with Gasteiger partial charge in [-0.15, -0.1) is 11.8 Å². The summed E-state index contributed by atoms with van der Waals surface area (Å²) in [5.41, 5.74) is 6.89. The van der Waals surface area contributed by atoms with Gasteiger partial charge in [-0.05, 0) is 11.6 Å². The summed E-state index contributed by atoms with van der Waals surface area (Å²) < 4.78 is 0. The van der Waals surface area contributed by atoms with Gasteiger partial charge >= 0.3 is 0 Å². The Morgan fingerprint density at radius 1 is 1.57 bits per heavy atom. The van der Waals surface area contributed by atoms with Crippen LogP contribution in [-0.4, -0.2) is 22.6 Å². The maximum atomic E-state index is 9.64. The summed E-state index contributed by atoms with van der Waals surface area (Å²) in [6.45, 7) is 0.192. The number of fused-ring (bicyclic) bond motifs is 1. The van der Waals surface area contributed by atoms with E-state index in [-0.39, 0.29) is 12.3 Å². The molecule has 0 saturated carbocycles. The van der Waals surface area contributed by atoms with Crippen molar-refractivity contribution in [2.75, 3.05) is 17.7 Å². The van der Waals surface area contributed by atoms with Crippen molar-refractivity contribution in [1.29, 1.82) is 0 Å². The van der Waals surface area contributed by atoms with Crippen LogP contribution < -0.4 is 11.1 Å². The highest BCUT2D eigenvalue weighted by molar-refractivity contribution is 8.00. The van der Waals surface area contributed by atoms with Crippen molar-refractivity contribution in [3.8, 4) is 5.75 Å². The third-order valence-electron chi connectivity index (χ3n) is 2.21. The van der Waals surface area contributed by atoms with Crippen molar-refractivity contribution >= 4 is 17.4 Å². The molecule has 0 saturated heterocycles. The molecule has 0 spiro atoms. The number of rotatable bonds is 2. The van der Waals surface area contributed by atoms with Gasteiger partial charge in [0.2, 0.25) is 0 Å². The number of phenolic OH excluding ortho intramolecular Hbond substituents is 1. The molecule has 1 aromatic carbocycles. The van der Waals surface area contributed by atoms with Crippen molar-refractivity contribution in [1.82, 2.24) is 0 Å². The predicted molar refractivity (Wildman–Crippen MR) is 56.5 cm³/mol. The molecule has 5 heteroatoms.